The molecular weight excluding hydrogens is 71.1 g/mol. The van der Waals surface area contributed by atoms with E-state index < -0.39 is 0 Å². The monoisotopic (exact) mass is 75.0 g/mol. The molecular formula is C2H4FSi. The number of halogens is 1. The standard InChI is InChI=1S/C2H4FSi/c3-1-2-4/h1-2H2. The van der Waals surface area contributed by atoms with Gasteiger partial charge in [0.2, 0.25) is 0 Å². The van der Waals surface area contributed by atoms with Gasteiger partial charge in [0.1, 0.15) is 0 Å². The van der Waals surface area contributed by atoms with E-state index in [-0.39, 0.29) is 6.67 Å². The summed E-state index contributed by atoms with van der Waals surface area (Å²) in [5.74, 6) is 0. The van der Waals surface area contributed by atoms with Crippen LogP contribution >= 0.6 is 0 Å². The highest BCUT2D eigenvalue weighted by atomic mass is 28.1. The van der Waals surface area contributed by atoms with Crippen molar-refractivity contribution in [2.75, 3.05) is 6.67 Å². The Hall–Kier alpha value is 0.147. The van der Waals surface area contributed by atoms with Crippen LogP contribution in [0.25, 0.3) is 0 Å². The molecule has 2 heteroatoms. The molecule has 0 spiro atoms. The van der Waals surface area contributed by atoms with Crippen LogP contribution in [0.5, 0.6) is 0 Å². The molecule has 0 amide bonds. The van der Waals surface area contributed by atoms with Crippen LogP contribution in [0.3, 0.4) is 0 Å². The first-order chi connectivity index (χ1) is 1.91. The third kappa shape index (κ3) is 2.15. The lowest BCUT2D eigenvalue weighted by atomic mass is 10.9. The third-order valence-corrected chi connectivity index (χ3v) is 0.283. The Morgan fingerprint density at radius 1 is 1.75 bits per heavy atom. The second-order valence-corrected chi connectivity index (χ2v) is 0.939. The third-order valence-electron chi connectivity index (χ3n) is 0.0945. The van der Waals surface area contributed by atoms with Crippen LogP contribution < -0.4 is 0 Å². The van der Waals surface area contributed by atoms with Gasteiger partial charge in [0.25, 0.3) is 0 Å². The minimum atomic E-state index is -0.267. The lowest BCUT2D eigenvalue weighted by Gasteiger charge is -1.64. The van der Waals surface area contributed by atoms with Crippen LogP contribution in [0.1, 0.15) is 0 Å². The highest BCUT2D eigenvalue weighted by Gasteiger charge is 1.61. The molecule has 0 aliphatic heterocycles. The van der Waals surface area contributed by atoms with Gasteiger partial charge in [0.15, 0.2) is 0 Å². The van der Waals surface area contributed by atoms with Crippen molar-refractivity contribution >= 4 is 10.2 Å². The quantitative estimate of drug-likeness (QED) is 0.399. The number of hydrogen-bond acceptors (Lipinski definition) is 0. The first kappa shape index (κ1) is 4.15. The lowest BCUT2D eigenvalue weighted by molar-refractivity contribution is 0.527. The van der Waals surface area contributed by atoms with Crippen molar-refractivity contribution < 1.29 is 4.39 Å². The van der Waals surface area contributed by atoms with Gasteiger partial charge in [-0.05, 0) is 6.04 Å². The van der Waals surface area contributed by atoms with Crippen LogP contribution in [0.2, 0.25) is 6.04 Å². The maximum absolute atomic E-state index is 10.7. The van der Waals surface area contributed by atoms with E-state index in [1.54, 1.807) is 0 Å². The van der Waals surface area contributed by atoms with Crippen molar-refractivity contribution in [1.29, 1.82) is 0 Å². The Kier molecular flexibility index (Phi) is 3.26. The predicted octanol–water partition coefficient (Wildman–Crippen LogP) is 0.543. The minimum Gasteiger partial charge on any atom is -0.251 e. The summed E-state index contributed by atoms with van der Waals surface area (Å²) in [7, 11) is 2.91. The summed E-state index contributed by atoms with van der Waals surface area (Å²) in [5.41, 5.74) is 0. The Morgan fingerprint density at radius 2 is 2.00 bits per heavy atom. The molecule has 0 saturated heterocycles. The van der Waals surface area contributed by atoms with E-state index in [4.69, 9.17) is 0 Å². The zero-order chi connectivity index (χ0) is 3.41. The van der Waals surface area contributed by atoms with E-state index >= 15 is 0 Å². The van der Waals surface area contributed by atoms with Gasteiger partial charge in [-0.15, -0.1) is 0 Å². The van der Waals surface area contributed by atoms with E-state index in [2.05, 4.69) is 10.2 Å². The fourth-order valence-corrected chi connectivity index (χ4v) is 0. The van der Waals surface area contributed by atoms with Crippen LogP contribution in [-0.2, 0) is 0 Å². The highest BCUT2D eigenvalue weighted by molar-refractivity contribution is 6.08. The zero-order valence-electron chi connectivity index (χ0n) is 2.29. The molecule has 0 saturated carbocycles. The summed E-state index contributed by atoms with van der Waals surface area (Å²) < 4.78 is 10.7. The van der Waals surface area contributed by atoms with Crippen molar-refractivity contribution in [2.45, 2.75) is 6.04 Å². The average Bonchev–Trinajstić information content (AvgIpc) is 1.37. The van der Waals surface area contributed by atoms with Crippen LogP contribution in [0.4, 0.5) is 4.39 Å². The van der Waals surface area contributed by atoms with E-state index in [1.807, 2.05) is 0 Å². The maximum atomic E-state index is 10.7. The normalized spacial score (nSPS) is 7.50. The summed E-state index contributed by atoms with van der Waals surface area (Å²) in [5, 5.41) is 0. The predicted molar refractivity (Wildman–Crippen MR) is 16.5 cm³/mol. The Labute approximate surface area is 28.4 Å². The van der Waals surface area contributed by atoms with Crippen molar-refractivity contribution in [3.63, 3.8) is 0 Å². The Bertz CT molecular complexity index is 8.00. The summed E-state index contributed by atoms with van der Waals surface area (Å²) in [6.45, 7) is -0.267. The van der Waals surface area contributed by atoms with Gasteiger partial charge in [-0.1, -0.05) is 0 Å². The minimum absolute atomic E-state index is 0.267. The molecule has 0 heterocycles. The maximum Gasteiger partial charge on any atom is 0.0864 e. The number of hydrogen-bond donors (Lipinski definition) is 0. The van der Waals surface area contributed by atoms with Gasteiger partial charge in [-0.2, -0.15) is 0 Å². The molecule has 0 atom stereocenters. The van der Waals surface area contributed by atoms with E-state index in [0.717, 1.165) is 0 Å². The molecule has 0 bridgehead atoms. The number of alkyl halides is 1. The molecule has 4 heavy (non-hydrogen) atoms. The second kappa shape index (κ2) is 3.15. The molecule has 0 N–H and O–H groups in total. The summed E-state index contributed by atoms with van der Waals surface area (Å²) in [4.78, 5) is 0. The Balaban J connectivity index is 1.97. The second-order valence-electron chi connectivity index (χ2n) is 0.439. The Morgan fingerprint density at radius 3 is 2.00 bits per heavy atom. The fraction of sp³-hybridized carbons (Fsp3) is 1.00. The average molecular weight is 75.1 g/mol. The highest BCUT2D eigenvalue weighted by Crippen LogP contribution is 1.66. The summed E-state index contributed by atoms with van der Waals surface area (Å²) in [6, 6.07) is 0.458. The molecule has 0 aliphatic carbocycles. The summed E-state index contributed by atoms with van der Waals surface area (Å²) in [6.07, 6.45) is 0. The van der Waals surface area contributed by atoms with Gasteiger partial charge in [-0.25, -0.2) is 0 Å². The van der Waals surface area contributed by atoms with E-state index in [9.17, 15) is 4.39 Å². The molecule has 0 unspecified atom stereocenters. The molecule has 0 aromatic carbocycles. The van der Waals surface area contributed by atoms with Crippen molar-refractivity contribution in [1.82, 2.24) is 0 Å². The smallest absolute Gasteiger partial charge is 0.0864 e. The number of rotatable bonds is 1. The SMILES string of the molecule is FCC[Si]. The zero-order valence-corrected chi connectivity index (χ0v) is 3.29. The lowest BCUT2D eigenvalue weighted by Crippen LogP contribution is -1.64. The van der Waals surface area contributed by atoms with Gasteiger partial charge >= 0.3 is 0 Å². The molecule has 3 radical (unpaired) electrons. The van der Waals surface area contributed by atoms with Gasteiger partial charge in [0.05, 0.1) is 6.67 Å². The van der Waals surface area contributed by atoms with Crippen molar-refractivity contribution in [3.8, 4) is 0 Å². The molecule has 0 fully saturated rings. The molecule has 0 aromatic heterocycles. The van der Waals surface area contributed by atoms with Crippen molar-refractivity contribution in [2.24, 2.45) is 0 Å². The summed E-state index contributed by atoms with van der Waals surface area (Å²) >= 11 is 0. The molecule has 0 aromatic rings. The van der Waals surface area contributed by atoms with Crippen LogP contribution in [0, 0.1) is 0 Å². The largest absolute Gasteiger partial charge is 0.251 e. The molecule has 23 valence electrons. The van der Waals surface area contributed by atoms with Gasteiger partial charge in [0, 0.05) is 10.2 Å². The van der Waals surface area contributed by atoms with Crippen molar-refractivity contribution in [3.05, 3.63) is 0 Å². The van der Waals surface area contributed by atoms with Gasteiger partial charge in [-0.3, -0.25) is 4.39 Å². The van der Waals surface area contributed by atoms with E-state index in [0.29, 0.717) is 6.04 Å². The van der Waals surface area contributed by atoms with Crippen LogP contribution in [0.15, 0.2) is 0 Å². The van der Waals surface area contributed by atoms with E-state index in [1.165, 1.54) is 0 Å². The fourth-order valence-electron chi connectivity index (χ4n) is 0. The van der Waals surface area contributed by atoms with Crippen LogP contribution in [-0.4, -0.2) is 16.9 Å². The van der Waals surface area contributed by atoms with Gasteiger partial charge < -0.3 is 0 Å². The molecule has 0 rings (SSSR count). The topological polar surface area (TPSA) is 0 Å². The molecule has 0 nitrogen and oxygen atoms in total. The molecule has 0 aliphatic rings. The first-order valence-corrected chi connectivity index (χ1v) is 1.83. The first-order valence-electron chi connectivity index (χ1n) is 1.12.